The van der Waals surface area contributed by atoms with E-state index in [2.05, 4.69) is 19.6 Å². The van der Waals surface area contributed by atoms with E-state index in [4.69, 9.17) is 14.0 Å². The van der Waals surface area contributed by atoms with Gasteiger partial charge >= 0.3 is 8.56 Å². The Morgan fingerprint density at radius 1 is 1.31 bits per heavy atom. The van der Waals surface area contributed by atoms with Gasteiger partial charge in [0, 0.05) is 25.7 Å². The molecule has 0 fully saturated rings. The summed E-state index contributed by atoms with van der Waals surface area (Å²) in [5, 5.41) is 7.57. The third-order valence-electron chi connectivity index (χ3n) is 1.80. The summed E-state index contributed by atoms with van der Waals surface area (Å²) in [6.45, 7) is 6.04. The number of aliphatic hydroxyl groups is 1. The molecule has 3 nitrogen and oxygen atoms in total. The maximum absolute atomic E-state index is 7.57. The highest BCUT2D eigenvalue weighted by Crippen LogP contribution is 2.18. The SMILES string of the molecule is CCC(S)[Si](C)(OC)OC.CCO. The summed E-state index contributed by atoms with van der Waals surface area (Å²) in [6.07, 6.45) is 0.994. The van der Waals surface area contributed by atoms with Crippen LogP contribution in [0.25, 0.3) is 0 Å². The van der Waals surface area contributed by atoms with Gasteiger partial charge in [-0.15, -0.1) is 0 Å². The number of hydrogen-bond acceptors (Lipinski definition) is 4. The Morgan fingerprint density at radius 2 is 1.62 bits per heavy atom. The van der Waals surface area contributed by atoms with E-state index in [1.54, 1.807) is 21.1 Å². The van der Waals surface area contributed by atoms with Gasteiger partial charge in [0.2, 0.25) is 0 Å². The fourth-order valence-electron chi connectivity index (χ4n) is 0.726. The molecular formula is C8H22O3SSi. The van der Waals surface area contributed by atoms with E-state index in [1.165, 1.54) is 0 Å². The van der Waals surface area contributed by atoms with Crippen molar-refractivity contribution in [1.29, 1.82) is 0 Å². The van der Waals surface area contributed by atoms with Crippen molar-refractivity contribution in [3.05, 3.63) is 0 Å². The molecule has 0 aromatic carbocycles. The predicted octanol–water partition coefficient (Wildman–Crippen LogP) is 1.60. The maximum atomic E-state index is 7.57. The van der Waals surface area contributed by atoms with Crippen LogP contribution in [0.1, 0.15) is 20.3 Å². The predicted molar refractivity (Wildman–Crippen MR) is 61.5 cm³/mol. The fourth-order valence-corrected chi connectivity index (χ4v) is 2.81. The normalized spacial score (nSPS) is 13.2. The van der Waals surface area contributed by atoms with Crippen molar-refractivity contribution in [3.63, 3.8) is 0 Å². The standard InChI is InChI=1S/C6H16O2SSi.C2H6O/c1-5-6(9)10(4,7-2)8-3;1-2-3/h6,9H,5H2,1-4H3;3H,2H2,1H3. The zero-order valence-electron chi connectivity index (χ0n) is 9.20. The smallest absolute Gasteiger partial charge is 0.347 e. The number of thiol groups is 1. The summed E-state index contributed by atoms with van der Waals surface area (Å²) in [6, 6.07) is 0. The lowest BCUT2D eigenvalue weighted by Gasteiger charge is -2.27. The maximum Gasteiger partial charge on any atom is 0.347 e. The minimum absolute atomic E-state index is 0.250. The van der Waals surface area contributed by atoms with Crippen molar-refractivity contribution in [3.8, 4) is 0 Å². The average Bonchev–Trinajstić information content (AvgIpc) is 2.16. The van der Waals surface area contributed by atoms with Gasteiger partial charge in [-0.1, -0.05) is 6.92 Å². The van der Waals surface area contributed by atoms with Gasteiger partial charge in [-0.2, -0.15) is 12.6 Å². The van der Waals surface area contributed by atoms with Gasteiger partial charge in [-0.25, -0.2) is 0 Å². The molecule has 0 spiro atoms. The topological polar surface area (TPSA) is 38.7 Å². The van der Waals surface area contributed by atoms with Gasteiger partial charge < -0.3 is 14.0 Å². The highest BCUT2D eigenvalue weighted by Gasteiger charge is 2.35. The molecule has 0 radical (unpaired) electrons. The summed E-state index contributed by atoms with van der Waals surface area (Å²) in [5.41, 5.74) is 0. The quantitative estimate of drug-likeness (QED) is 0.565. The Bertz CT molecular complexity index is 110. The Hall–Kier alpha value is 0.447. The summed E-state index contributed by atoms with van der Waals surface area (Å²) in [5.74, 6) is 0. The molecule has 0 aliphatic heterocycles. The van der Waals surface area contributed by atoms with Gasteiger partial charge in [0.1, 0.15) is 0 Å². The molecule has 0 aromatic heterocycles. The molecule has 0 saturated carbocycles. The number of hydrogen-bond donors (Lipinski definition) is 2. The van der Waals surface area contributed by atoms with E-state index in [9.17, 15) is 0 Å². The van der Waals surface area contributed by atoms with E-state index in [0.717, 1.165) is 6.42 Å². The Labute approximate surface area is 88.1 Å². The monoisotopic (exact) mass is 226 g/mol. The highest BCUT2D eigenvalue weighted by molar-refractivity contribution is 7.83. The van der Waals surface area contributed by atoms with Crippen LogP contribution in [-0.4, -0.2) is 39.4 Å². The molecule has 0 aliphatic rings. The molecule has 1 atom stereocenters. The third-order valence-corrected chi connectivity index (χ3v) is 6.81. The molecule has 1 N–H and O–H groups in total. The summed E-state index contributed by atoms with van der Waals surface area (Å²) in [7, 11) is 1.44. The van der Waals surface area contributed by atoms with Gasteiger partial charge in [0.15, 0.2) is 0 Å². The second-order valence-corrected chi connectivity index (χ2v) is 7.32. The molecule has 13 heavy (non-hydrogen) atoms. The largest absolute Gasteiger partial charge is 0.397 e. The summed E-state index contributed by atoms with van der Waals surface area (Å²) in [4.78, 5) is 0.266. The first-order valence-corrected chi connectivity index (χ1v) is 7.32. The van der Waals surface area contributed by atoms with Crippen LogP contribution in [0.3, 0.4) is 0 Å². The second-order valence-electron chi connectivity index (χ2n) is 2.66. The highest BCUT2D eigenvalue weighted by atomic mass is 32.1. The van der Waals surface area contributed by atoms with Crippen LogP contribution in [0.15, 0.2) is 0 Å². The van der Waals surface area contributed by atoms with Crippen LogP contribution >= 0.6 is 12.6 Å². The van der Waals surface area contributed by atoms with Crippen LogP contribution < -0.4 is 0 Å². The average molecular weight is 226 g/mol. The molecule has 0 saturated heterocycles. The lowest BCUT2D eigenvalue weighted by Crippen LogP contribution is -2.46. The van der Waals surface area contributed by atoms with Crippen LogP contribution in [0.5, 0.6) is 0 Å². The molecule has 0 amide bonds. The summed E-state index contributed by atoms with van der Waals surface area (Å²) < 4.78 is 10.6. The van der Waals surface area contributed by atoms with E-state index in [0.29, 0.717) is 0 Å². The van der Waals surface area contributed by atoms with Gasteiger partial charge in [-0.3, -0.25) is 0 Å². The van der Waals surface area contributed by atoms with Crippen molar-refractivity contribution in [2.75, 3.05) is 20.8 Å². The van der Waals surface area contributed by atoms with Crippen LogP contribution in [0.2, 0.25) is 6.55 Å². The number of rotatable bonds is 4. The first-order chi connectivity index (χ1) is 6.02. The van der Waals surface area contributed by atoms with E-state index in [-0.39, 0.29) is 11.5 Å². The van der Waals surface area contributed by atoms with Crippen LogP contribution in [0.4, 0.5) is 0 Å². The lowest BCUT2D eigenvalue weighted by molar-refractivity contribution is 0.247. The number of aliphatic hydroxyl groups excluding tert-OH is 1. The van der Waals surface area contributed by atoms with E-state index < -0.39 is 8.56 Å². The molecule has 1 unspecified atom stereocenters. The van der Waals surface area contributed by atoms with Crippen molar-refractivity contribution < 1.29 is 14.0 Å². The molecule has 82 valence electrons. The molecular weight excluding hydrogens is 204 g/mol. The third kappa shape index (κ3) is 6.51. The van der Waals surface area contributed by atoms with Crippen LogP contribution in [0, 0.1) is 0 Å². The molecule has 0 bridgehead atoms. The fraction of sp³-hybridized carbons (Fsp3) is 1.00. The molecule has 0 aliphatic carbocycles. The molecule has 5 heteroatoms. The van der Waals surface area contributed by atoms with Crippen molar-refractivity contribution in [1.82, 2.24) is 0 Å². The Balaban J connectivity index is 0. The van der Waals surface area contributed by atoms with Gasteiger partial charge in [0.25, 0.3) is 0 Å². The van der Waals surface area contributed by atoms with E-state index >= 15 is 0 Å². The van der Waals surface area contributed by atoms with Crippen LogP contribution in [-0.2, 0) is 8.85 Å². The van der Waals surface area contributed by atoms with E-state index in [1.807, 2.05) is 6.55 Å². The Kier molecular flexibility index (Phi) is 11.0. The first-order valence-electron chi connectivity index (χ1n) is 4.41. The van der Waals surface area contributed by atoms with Gasteiger partial charge in [0.05, 0.1) is 0 Å². The zero-order chi connectivity index (χ0) is 10.9. The lowest BCUT2D eigenvalue weighted by atomic mass is 10.6. The zero-order valence-corrected chi connectivity index (χ0v) is 11.1. The molecule has 0 aromatic rings. The molecule has 0 heterocycles. The minimum atomic E-state index is -1.94. The minimum Gasteiger partial charge on any atom is -0.397 e. The second kappa shape index (κ2) is 9.02. The van der Waals surface area contributed by atoms with Crippen molar-refractivity contribution >= 4 is 21.2 Å². The first kappa shape index (κ1) is 15.9. The van der Waals surface area contributed by atoms with Crippen molar-refractivity contribution in [2.45, 2.75) is 31.7 Å². The van der Waals surface area contributed by atoms with Gasteiger partial charge in [-0.05, 0) is 19.9 Å². The Morgan fingerprint density at radius 3 is 1.69 bits per heavy atom. The van der Waals surface area contributed by atoms with Crippen molar-refractivity contribution in [2.24, 2.45) is 0 Å². The summed E-state index contributed by atoms with van der Waals surface area (Å²) >= 11 is 4.38. The molecule has 0 rings (SSSR count).